The zero-order chi connectivity index (χ0) is 18.9. The summed E-state index contributed by atoms with van der Waals surface area (Å²) in [5.41, 5.74) is 1.71. The van der Waals surface area contributed by atoms with Gasteiger partial charge in [-0.2, -0.15) is 0 Å². The Kier molecular flexibility index (Phi) is 7.28. The third-order valence-electron chi connectivity index (χ3n) is 5.10. The molecule has 2 N–H and O–H groups in total. The molecule has 1 aliphatic carbocycles. The summed E-state index contributed by atoms with van der Waals surface area (Å²) in [5, 5.41) is 6.70. The summed E-state index contributed by atoms with van der Waals surface area (Å²) >= 11 is 0. The Hall–Kier alpha value is -2.33. The summed E-state index contributed by atoms with van der Waals surface area (Å²) in [6.45, 7) is 2.51. The van der Waals surface area contributed by atoms with Crippen LogP contribution in [0.1, 0.15) is 57.1 Å². The summed E-state index contributed by atoms with van der Waals surface area (Å²) in [4.78, 5) is 13.2. The molecule has 0 aliphatic heterocycles. The van der Waals surface area contributed by atoms with Crippen LogP contribution in [0.3, 0.4) is 0 Å². The lowest BCUT2D eigenvalue weighted by molar-refractivity contribution is -0.118. The molecule has 144 valence electrons. The molecule has 0 bridgehead atoms. The van der Waals surface area contributed by atoms with Gasteiger partial charge in [0.1, 0.15) is 11.8 Å². The number of rotatable bonds is 7. The zero-order valence-corrected chi connectivity index (χ0v) is 16.1. The van der Waals surface area contributed by atoms with Crippen LogP contribution in [0.15, 0.2) is 54.6 Å². The number of hydrogen-bond donors (Lipinski definition) is 2. The first-order valence-electron chi connectivity index (χ1n) is 10.1. The Morgan fingerprint density at radius 1 is 1.00 bits per heavy atom. The van der Waals surface area contributed by atoms with Crippen molar-refractivity contribution in [1.29, 1.82) is 0 Å². The molecule has 2 aromatic carbocycles. The van der Waals surface area contributed by atoms with Gasteiger partial charge in [-0.3, -0.25) is 10.1 Å². The molecule has 1 fully saturated rings. The van der Waals surface area contributed by atoms with Crippen molar-refractivity contribution < 1.29 is 9.53 Å². The number of amides is 1. The second kappa shape index (κ2) is 10.1. The Morgan fingerprint density at radius 2 is 1.67 bits per heavy atom. The van der Waals surface area contributed by atoms with Gasteiger partial charge in [-0.25, -0.2) is 0 Å². The average molecular weight is 367 g/mol. The van der Waals surface area contributed by atoms with Crippen molar-refractivity contribution in [2.24, 2.45) is 0 Å². The van der Waals surface area contributed by atoms with Crippen molar-refractivity contribution in [3.63, 3.8) is 0 Å². The van der Waals surface area contributed by atoms with Crippen molar-refractivity contribution in [2.75, 3.05) is 11.9 Å². The molecule has 1 aliphatic rings. The van der Waals surface area contributed by atoms with Gasteiger partial charge in [-0.15, -0.1) is 0 Å². The highest BCUT2D eigenvalue weighted by Crippen LogP contribution is 2.27. The van der Waals surface area contributed by atoms with E-state index in [2.05, 4.69) is 10.6 Å². The highest BCUT2D eigenvalue weighted by atomic mass is 16.5. The standard InChI is InChI=1S/C23H30N2O2/c1-2-27-21-17-11-10-16-20(21)25-23(26)22(18-12-6-5-7-13-18)24-19-14-8-3-4-9-15-19/h5-7,10-13,16-17,19,22,24H,2-4,8-9,14-15H2,1H3,(H,25,26)/t22-/m0/s1. The molecule has 4 heteroatoms. The molecule has 0 saturated heterocycles. The lowest BCUT2D eigenvalue weighted by atomic mass is 10.0. The molecular weight excluding hydrogens is 336 g/mol. The molecule has 1 saturated carbocycles. The van der Waals surface area contributed by atoms with E-state index in [1.165, 1.54) is 25.7 Å². The monoisotopic (exact) mass is 366 g/mol. The fraction of sp³-hybridized carbons (Fsp3) is 0.435. The zero-order valence-electron chi connectivity index (χ0n) is 16.1. The van der Waals surface area contributed by atoms with Crippen molar-refractivity contribution in [3.8, 4) is 5.75 Å². The maximum atomic E-state index is 13.2. The van der Waals surface area contributed by atoms with E-state index in [-0.39, 0.29) is 11.9 Å². The number of carbonyl (C=O) groups excluding carboxylic acids is 1. The minimum atomic E-state index is -0.371. The minimum Gasteiger partial charge on any atom is -0.492 e. The first-order chi connectivity index (χ1) is 13.3. The van der Waals surface area contributed by atoms with Gasteiger partial charge in [-0.05, 0) is 37.5 Å². The van der Waals surface area contributed by atoms with Gasteiger partial charge in [-0.1, -0.05) is 68.1 Å². The molecule has 2 aromatic rings. The molecule has 0 aromatic heterocycles. The number of para-hydroxylation sites is 2. The first-order valence-corrected chi connectivity index (χ1v) is 10.1. The highest BCUT2D eigenvalue weighted by molar-refractivity contribution is 5.96. The summed E-state index contributed by atoms with van der Waals surface area (Å²) < 4.78 is 5.65. The van der Waals surface area contributed by atoms with Crippen LogP contribution in [-0.4, -0.2) is 18.6 Å². The highest BCUT2D eigenvalue weighted by Gasteiger charge is 2.25. The topological polar surface area (TPSA) is 50.4 Å². The Morgan fingerprint density at radius 3 is 2.37 bits per heavy atom. The van der Waals surface area contributed by atoms with Crippen LogP contribution in [0.2, 0.25) is 0 Å². The molecule has 1 amide bonds. The number of carbonyl (C=O) groups is 1. The van der Waals surface area contributed by atoms with Crippen LogP contribution in [-0.2, 0) is 4.79 Å². The largest absolute Gasteiger partial charge is 0.492 e. The van der Waals surface area contributed by atoms with Crippen LogP contribution >= 0.6 is 0 Å². The number of benzene rings is 2. The summed E-state index contributed by atoms with van der Waals surface area (Å²) in [6.07, 6.45) is 7.31. The Balaban J connectivity index is 1.78. The van der Waals surface area contributed by atoms with Crippen molar-refractivity contribution >= 4 is 11.6 Å². The Bertz CT molecular complexity index is 709. The van der Waals surface area contributed by atoms with Gasteiger partial charge < -0.3 is 10.1 Å². The molecule has 0 unspecified atom stereocenters. The summed E-state index contributed by atoms with van der Waals surface area (Å²) in [6, 6.07) is 17.6. The van der Waals surface area contributed by atoms with E-state index in [0.717, 1.165) is 18.4 Å². The third-order valence-corrected chi connectivity index (χ3v) is 5.10. The second-order valence-electron chi connectivity index (χ2n) is 7.12. The van der Waals surface area contributed by atoms with Gasteiger partial charge in [0.25, 0.3) is 0 Å². The number of nitrogens with one attached hydrogen (secondary N) is 2. The van der Waals surface area contributed by atoms with Gasteiger partial charge in [0.05, 0.1) is 12.3 Å². The summed E-state index contributed by atoms with van der Waals surface area (Å²) in [5.74, 6) is 0.659. The van der Waals surface area contributed by atoms with E-state index in [4.69, 9.17) is 4.74 Å². The van der Waals surface area contributed by atoms with Gasteiger partial charge in [0.15, 0.2) is 0 Å². The van der Waals surface area contributed by atoms with E-state index in [9.17, 15) is 4.79 Å². The lowest BCUT2D eigenvalue weighted by Gasteiger charge is -2.25. The molecule has 1 atom stereocenters. The summed E-state index contributed by atoms with van der Waals surface area (Å²) in [7, 11) is 0. The normalized spacial score (nSPS) is 16.3. The van der Waals surface area contributed by atoms with Gasteiger partial charge >= 0.3 is 0 Å². The SMILES string of the molecule is CCOc1ccccc1NC(=O)[C@@H](NC1CCCCCC1)c1ccccc1. The predicted octanol–water partition coefficient (Wildman–Crippen LogP) is 5.08. The van der Waals surface area contributed by atoms with Gasteiger partial charge in [0.2, 0.25) is 5.91 Å². The molecular formula is C23H30N2O2. The number of hydrogen-bond acceptors (Lipinski definition) is 3. The minimum absolute atomic E-state index is 0.0439. The maximum absolute atomic E-state index is 13.2. The van der Waals surface area contributed by atoms with E-state index in [1.807, 2.05) is 61.5 Å². The molecule has 27 heavy (non-hydrogen) atoms. The van der Waals surface area contributed by atoms with E-state index in [1.54, 1.807) is 0 Å². The van der Waals surface area contributed by atoms with Crippen molar-refractivity contribution in [2.45, 2.75) is 57.5 Å². The Labute approximate surface area is 162 Å². The second-order valence-corrected chi connectivity index (χ2v) is 7.12. The number of ether oxygens (including phenoxy) is 1. The van der Waals surface area contributed by atoms with Crippen molar-refractivity contribution in [1.82, 2.24) is 5.32 Å². The van der Waals surface area contributed by atoms with E-state index in [0.29, 0.717) is 24.1 Å². The fourth-order valence-electron chi connectivity index (χ4n) is 3.71. The van der Waals surface area contributed by atoms with Crippen LogP contribution in [0.25, 0.3) is 0 Å². The molecule has 4 nitrogen and oxygen atoms in total. The molecule has 0 spiro atoms. The molecule has 3 rings (SSSR count). The van der Waals surface area contributed by atoms with E-state index >= 15 is 0 Å². The van der Waals surface area contributed by atoms with Gasteiger partial charge in [0, 0.05) is 6.04 Å². The van der Waals surface area contributed by atoms with Crippen LogP contribution in [0.4, 0.5) is 5.69 Å². The smallest absolute Gasteiger partial charge is 0.246 e. The quantitative estimate of drug-likeness (QED) is 0.672. The third kappa shape index (κ3) is 5.57. The predicted molar refractivity (Wildman–Crippen MR) is 110 cm³/mol. The lowest BCUT2D eigenvalue weighted by Crippen LogP contribution is -2.39. The fourth-order valence-corrected chi connectivity index (χ4v) is 3.71. The van der Waals surface area contributed by atoms with Crippen molar-refractivity contribution in [3.05, 3.63) is 60.2 Å². The molecule has 0 heterocycles. The average Bonchev–Trinajstić information content (AvgIpc) is 2.97. The van der Waals surface area contributed by atoms with Crippen LogP contribution < -0.4 is 15.4 Å². The van der Waals surface area contributed by atoms with Crippen LogP contribution in [0.5, 0.6) is 5.75 Å². The molecule has 0 radical (unpaired) electrons. The number of anilines is 1. The van der Waals surface area contributed by atoms with E-state index < -0.39 is 0 Å². The maximum Gasteiger partial charge on any atom is 0.246 e. The van der Waals surface area contributed by atoms with Crippen LogP contribution in [0, 0.1) is 0 Å². The first kappa shape index (κ1) is 19.4.